The number of rotatable bonds is 1. The molecule has 1 aromatic rings. The molecule has 0 aromatic heterocycles. The van der Waals surface area contributed by atoms with Gasteiger partial charge in [-0.15, -0.1) is 0 Å². The average Bonchev–Trinajstić information content (AvgIpc) is 2.09. The van der Waals surface area contributed by atoms with Crippen LogP contribution >= 0.6 is 12.2 Å². The Morgan fingerprint density at radius 1 is 1.50 bits per heavy atom. The molecule has 0 fully saturated rings. The molecule has 0 saturated carbocycles. The predicted molar refractivity (Wildman–Crippen MR) is 50.6 cm³/mol. The molecule has 0 aliphatic heterocycles. The van der Waals surface area contributed by atoms with Crippen LogP contribution in [0.25, 0.3) is 0 Å². The van der Waals surface area contributed by atoms with Crippen LogP contribution in [0, 0.1) is 18.3 Å². The van der Waals surface area contributed by atoms with Crippen LogP contribution in [0.5, 0.6) is 0 Å². The summed E-state index contributed by atoms with van der Waals surface area (Å²) in [7, 11) is 0. The summed E-state index contributed by atoms with van der Waals surface area (Å²) >= 11 is 4.47. The molecule has 0 amide bonds. The molecule has 0 radical (unpaired) electrons. The van der Waals surface area contributed by atoms with Gasteiger partial charge in [0.1, 0.15) is 0 Å². The van der Waals surface area contributed by atoms with Crippen LogP contribution in [0.4, 0.5) is 5.69 Å². The monoisotopic (exact) mass is 174 g/mol. The van der Waals surface area contributed by atoms with E-state index < -0.39 is 0 Å². The van der Waals surface area contributed by atoms with Crippen molar-refractivity contribution in [2.24, 2.45) is 4.99 Å². The van der Waals surface area contributed by atoms with Crippen molar-refractivity contribution in [1.82, 2.24) is 0 Å². The largest absolute Gasteiger partial charge is 0.194 e. The Balaban J connectivity index is 3.28. The molecule has 0 heterocycles. The van der Waals surface area contributed by atoms with Crippen LogP contribution in [-0.4, -0.2) is 5.16 Å². The lowest BCUT2D eigenvalue weighted by Gasteiger charge is -1.96. The Morgan fingerprint density at radius 3 is 2.83 bits per heavy atom. The Hall–Kier alpha value is -1.49. The lowest BCUT2D eigenvalue weighted by atomic mass is 10.1. The second-order valence-electron chi connectivity index (χ2n) is 2.32. The quantitative estimate of drug-likeness (QED) is 0.484. The lowest BCUT2D eigenvalue weighted by molar-refractivity contribution is 1.39. The minimum atomic E-state index is 0.588. The maximum absolute atomic E-state index is 8.58. The number of aryl methyl sites for hydroxylation is 1. The first-order valence-electron chi connectivity index (χ1n) is 3.36. The van der Waals surface area contributed by atoms with E-state index in [4.69, 9.17) is 5.26 Å². The molecule has 12 heavy (non-hydrogen) atoms. The normalized spacial score (nSPS) is 8.33. The van der Waals surface area contributed by atoms with E-state index in [9.17, 15) is 0 Å². The highest BCUT2D eigenvalue weighted by atomic mass is 32.1. The second kappa shape index (κ2) is 3.77. The topological polar surface area (TPSA) is 36.1 Å². The van der Waals surface area contributed by atoms with Crippen molar-refractivity contribution in [1.29, 1.82) is 5.26 Å². The molecule has 0 unspecified atom stereocenters. The minimum Gasteiger partial charge on any atom is -0.194 e. The van der Waals surface area contributed by atoms with E-state index in [0.29, 0.717) is 11.3 Å². The molecule has 0 aliphatic rings. The van der Waals surface area contributed by atoms with Crippen molar-refractivity contribution in [3.63, 3.8) is 0 Å². The average molecular weight is 174 g/mol. The van der Waals surface area contributed by atoms with Crippen molar-refractivity contribution >= 4 is 23.1 Å². The van der Waals surface area contributed by atoms with Crippen LogP contribution in [0.15, 0.2) is 23.2 Å². The Labute approximate surface area is 76.2 Å². The first-order chi connectivity index (χ1) is 5.77. The Bertz CT molecular complexity index is 384. The molecule has 0 bridgehead atoms. The van der Waals surface area contributed by atoms with Gasteiger partial charge in [0.15, 0.2) is 0 Å². The fourth-order valence-electron chi connectivity index (χ4n) is 0.849. The molecule has 0 saturated heterocycles. The maximum atomic E-state index is 8.58. The van der Waals surface area contributed by atoms with E-state index in [1.54, 1.807) is 12.1 Å². The van der Waals surface area contributed by atoms with E-state index in [0.717, 1.165) is 5.56 Å². The summed E-state index contributed by atoms with van der Waals surface area (Å²) in [6.45, 7) is 1.91. The van der Waals surface area contributed by atoms with Crippen molar-refractivity contribution < 1.29 is 0 Å². The van der Waals surface area contributed by atoms with Gasteiger partial charge in [0, 0.05) is 0 Å². The molecule has 1 rings (SSSR count). The zero-order valence-electron chi connectivity index (χ0n) is 6.53. The van der Waals surface area contributed by atoms with Gasteiger partial charge in [0.25, 0.3) is 0 Å². The van der Waals surface area contributed by atoms with Gasteiger partial charge >= 0.3 is 0 Å². The van der Waals surface area contributed by atoms with Crippen LogP contribution in [-0.2, 0) is 0 Å². The summed E-state index contributed by atoms with van der Waals surface area (Å²) in [6.07, 6.45) is 0. The number of nitrogens with zero attached hydrogens (tertiary/aromatic N) is 2. The van der Waals surface area contributed by atoms with Gasteiger partial charge in [0.2, 0.25) is 0 Å². The standard InChI is InChI=1S/C9H6N2S/c1-7-2-3-8(5-10)4-9(7)11-6-12/h2-4H,1H3. The van der Waals surface area contributed by atoms with Crippen LogP contribution in [0.3, 0.4) is 0 Å². The van der Waals surface area contributed by atoms with Crippen LogP contribution in [0.2, 0.25) is 0 Å². The lowest BCUT2D eigenvalue weighted by Crippen LogP contribution is -1.77. The fraction of sp³-hybridized carbons (Fsp3) is 0.111. The molecule has 0 atom stereocenters. The molecule has 58 valence electrons. The summed E-state index contributed by atoms with van der Waals surface area (Å²) in [6, 6.07) is 7.31. The predicted octanol–water partition coefficient (Wildman–Crippen LogP) is 2.60. The Morgan fingerprint density at radius 2 is 2.25 bits per heavy atom. The number of nitriles is 1. The molecular formula is C9H6N2S. The summed E-state index contributed by atoms with van der Waals surface area (Å²) in [5.74, 6) is 0. The van der Waals surface area contributed by atoms with Gasteiger partial charge in [-0.2, -0.15) is 10.3 Å². The van der Waals surface area contributed by atoms with Gasteiger partial charge in [-0.3, -0.25) is 0 Å². The van der Waals surface area contributed by atoms with E-state index in [2.05, 4.69) is 22.4 Å². The van der Waals surface area contributed by atoms with Crippen molar-refractivity contribution in [3.8, 4) is 6.07 Å². The molecular weight excluding hydrogens is 168 g/mol. The van der Waals surface area contributed by atoms with Crippen molar-refractivity contribution in [2.45, 2.75) is 6.92 Å². The fourth-order valence-corrected chi connectivity index (χ4v) is 0.947. The smallest absolute Gasteiger partial charge is 0.0992 e. The van der Waals surface area contributed by atoms with Gasteiger partial charge in [-0.25, -0.2) is 0 Å². The highest BCUT2D eigenvalue weighted by molar-refractivity contribution is 7.78. The molecule has 2 nitrogen and oxygen atoms in total. The van der Waals surface area contributed by atoms with E-state index in [1.807, 2.05) is 19.1 Å². The van der Waals surface area contributed by atoms with Crippen molar-refractivity contribution in [2.75, 3.05) is 0 Å². The zero-order valence-corrected chi connectivity index (χ0v) is 7.35. The van der Waals surface area contributed by atoms with E-state index in [1.165, 1.54) is 0 Å². The van der Waals surface area contributed by atoms with Gasteiger partial charge < -0.3 is 0 Å². The number of hydrogen-bond donors (Lipinski definition) is 0. The highest BCUT2D eigenvalue weighted by Gasteiger charge is 1.96. The molecule has 0 N–H and O–H groups in total. The third kappa shape index (κ3) is 1.76. The molecule has 1 aromatic carbocycles. The third-order valence-electron chi connectivity index (χ3n) is 1.50. The maximum Gasteiger partial charge on any atom is 0.0992 e. The van der Waals surface area contributed by atoms with Crippen LogP contribution in [0.1, 0.15) is 11.1 Å². The number of benzene rings is 1. The summed E-state index contributed by atoms with van der Waals surface area (Å²) in [5, 5.41) is 10.9. The molecule has 0 aliphatic carbocycles. The van der Waals surface area contributed by atoms with Gasteiger partial charge in [-0.05, 0) is 36.8 Å². The van der Waals surface area contributed by atoms with Gasteiger partial charge in [-0.1, -0.05) is 6.07 Å². The number of hydrogen-bond acceptors (Lipinski definition) is 3. The van der Waals surface area contributed by atoms with E-state index >= 15 is 0 Å². The molecule has 3 heteroatoms. The van der Waals surface area contributed by atoms with E-state index in [-0.39, 0.29) is 0 Å². The second-order valence-corrected chi connectivity index (χ2v) is 2.50. The van der Waals surface area contributed by atoms with Gasteiger partial charge in [0.05, 0.1) is 22.5 Å². The summed E-state index contributed by atoms with van der Waals surface area (Å²) in [5.41, 5.74) is 2.29. The minimum absolute atomic E-state index is 0.588. The highest BCUT2D eigenvalue weighted by Crippen LogP contribution is 2.18. The SMILES string of the molecule is Cc1ccc(C#N)cc1N=C=S. The number of aliphatic imine (C=N–C) groups is 1. The van der Waals surface area contributed by atoms with Crippen LogP contribution < -0.4 is 0 Å². The Kier molecular flexibility index (Phi) is 2.71. The van der Waals surface area contributed by atoms with Crippen molar-refractivity contribution in [3.05, 3.63) is 29.3 Å². The summed E-state index contributed by atoms with van der Waals surface area (Å²) in [4.78, 5) is 3.83. The number of isothiocyanates is 1. The first kappa shape index (κ1) is 8.61. The summed E-state index contributed by atoms with van der Waals surface area (Å²) < 4.78 is 0. The molecule has 0 spiro atoms. The first-order valence-corrected chi connectivity index (χ1v) is 3.77. The zero-order chi connectivity index (χ0) is 8.97. The third-order valence-corrected chi connectivity index (χ3v) is 1.60. The number of thiocarbonyl (C=S) groups is 1.